The highest BCUT2D eigenvalue weighted by molar-refractivity contribution is 7.99. The van der Waals surface area contributed by atoms with Crippen LogP contribution in [0.3, 0.4) is 0 Å². The molecule has 4 heteroatoms. The van der Waals surface area contributed by atoms with Gasteiger partial charge in [-0.25, -0.2) is 0 Å². The maximum absolute atomic E-state index is 4.58. The quantitative estimate of drug-likeness (QED) is 0.856. The normalized spacial score (nSPS) is 19.4. The maximum atomic E-state index is 4.58. The zero-order valence-electron chi connectivity index (χ0n) is 12.5. The van der Waals surface area contributed by atoms with Crippen molar-refractivity contribution in [2.24, 2.45) is 4.99 Å². The lowest BCUT2D eigenvalue weighted by Gasteiger charge is -2.20. The van der Waals surface area contributed by atoms with E-state index in [1.165, 1.54) is 29.7 Å². The molecule has 4 rings (SSSR count). The third-order valence-electron chi connectivity index (χ3n) is 4.06. The van der Waals surface area contributed by atoms with E-state index in [-0.39, 0.29) is 5.37 Å². The number of nitrogens with one attached hydrogen (secondary N) is 2. The molecule has 1 aliphatic carbocycles. The molecular formula is C18H19N3S. The molecular weight excluding hydrogens is 290 g/mol. The summed E-state index contributed by atoms with van der Waals surface area (Å²) in [6, 6.07) is 15.8. The molecule has 0 aromatic heterocycles. The number of thioether (sulfide) groups is 1. The minimum atomic E-state index is 0.270. The van der Waals surface area contributed by atoms with Crippen LogP contribution in [0.25, 0.3) is 11.1 Å². The van der Waals surface area contributed by atoms with Gasteiger partial charge in [-0.05, 0) is 54.5 Å². The standard InChI is InChI=1S/C18H19N3S/c1-22-18-11-19-17-10-13(4-9-16(17)21-18)12-2-5-14(6-3-12)20-15-7-8-15/h2-6,9-11,15,18,20-21H,7-8H2,1H3. The van der Waals surface area contributed by atoms with E-state index in [0.29, 0.717) is 6.04 Å². The second-order valence-electron chi connectivity index (χ2n) is 5.81. The van der Waals surface area contributed by atoms with Gasteiger partial charge in [-0.15, -0.1) is 11.8 Å². The molecule has 1 saturated carbocycles. The summed E-state index contributed by atoms with van der Waals surface area (Å²) < 4.78 is 0. The first-order chi connectivity index (χ1) is 10.8. The second-order valence-corrected chi connectivity index (χ2v) is 6.79. The van der Waals surface area contributed by atoms with Crippen LogP contribution in [0.4, 0.5) is 17.1 Å². The Balaban J connectivity index is 1.57. The molecule has 0 amide bonds. The largest absolute Gasteiger partial charge is 0.382 e. The lowest BCUT2D eigenvalue weighted by atomic mass is 10.0. The van der Waals surface area contributed by atoms with Gasteiger partial charge in [-0.2, -0.15) is 0 Å². The molecule has 0 saturated heterocycles. The highest BCUT2D eigenvalue weighted by Crippen LogP contribution is 2.35. The predicted octanol–water partition coefficient (Wildman–Crippen LogP) is 4.74. The number of fused-ring (bicyclic) bond motifs is 1. The predicted molar refractivity (Wildman–Crippen MR) is 97.6 cm³/mol. The number of nitrogens with zero attached hydrogens (tertiary/aromatic N) is 1. The summed E-state index contributed by atoms with van der Waals surface area (Å²) in [6.07, 6.45) is 6.66. The van der Waals surface area contributed by atoms with E-state index in [2.05, 4.69) is 64.3 Å². The van der Waals surface area contributed by atoms with Gasteiger partial charge in [0.05, 0.1) is 11.4 Å². The van der Waals surface area contributed by atoms with Crippen LogP contribution in [0, 0.1) is 0 Å². The zero-order chi connectivity index (χ0) is 14.9. The highest BCUT2D eigenvalue weighted by Gasteiger charge is 2.20. The Morgan fingerprint density at radius 2 is 1.86 bits per heavy atom. The van der Waals surface area contributed by atoms with Crippen LogP contribution in [0.1, 0.15) is 12.8 Å². The molecule has 112 valence electrons. The van der Waals surface area contributed by atoms with E-state index >= 15 is 0 Å². The molecule has 2 aromatic rings. The van der Waals surface area contributed by atoms with E-state index in [9.17, 15) is 0 Å². The fraction of sp³-hybridized carbons (Fsp3) is 0.278. The summed E-state index contributed by atoms with van der Waals surface area (Å²) in [4.78, 5) is 4.58. The molecule has 1 heterocycles. The summed E-state index contributed by atoms with van der Waals surface area (Å²) in [5.41, 5.74) is 5.77. The van der Waals surface area contributed by atoms with E-state index in [4.69, 9.17) is 0 Å². The van der Waals surface area contributed by atoms with Crippen LogP contribution in [0.2, 0.25) is 0 Å². The average molecular weight is 309 g/mol. The topological polar surface area (TPSA) is 36.4 Å². The van der Waals surface area contributed by atoms with Crippen molar-refractivity contribution in [1.29, 1.82) is 0 Å². The Labute approximate surface area is 135 Å². The lowest BCUT2D eigenvalue weighted by molar-refractivity contribution is 1.16. The van der Waals surface area contributed by atoms with Crippen LogP contribution in [0.15, 0.2) is 47.5 Å². The van der Waals surface area contributed by atoms with Crippen molar-refractivity contribution in [1.82, 2.24) is 0 Å². The number of anilines is 2. The third-order valence-corrected chi connectivity index (χ3v) is 4.81. The molecule has 0 radical (unpaired) electrons. The average Bonchev–Trinajstić information content (AvgIpc) is 3.38. The van der Waals surface area contributed by atoms with Gasteiger partial charge in [-0.3, -0.25) is 4.99 Å². The van der Waals surface area contributed by atoms with Gasteiger partial charge in [0.25, 0.3) is 0 Å². The first-order valence-electron chi connectivity index (χ1n) is 7.66. The molecule has 22 heavy (non-hydrogen) atoms. The van der Waals surface area contributed by atoms with Crippen molar-refractivity contribution in [2.45, 2.75) is 24.3 Å². The van der Waals surface area contributed by atoms with Crippen LogP contribution in [0.5, 0.6) is 0 Å². The fourth-order valence-electron chi connectivity index (χ4n) is 2.62. The molecule has 3 nitrogen and oxygen atoms in total. The molecule has 1 unspecified atom stereocenters. The number of rotatable bonds is 4. The first-order valence-corrected chi connectivity index (χ1v) is 8.95. The molecule has 2 aliphatic rings. The third kappa shape index (κ3) is 2.83. The summed E-state index contributed by atoms with van der Waals surface area (Å²) in [5.74, 6) is 0. The van der Waals surface area contributed by atoms with Crippen molar-refractivity contribution < 1.29 is 0 Å². The summed E-state index contributed by atoms with van der Waals surface area (Å²) in [6.45, 7) is 0. The Bertz CT molecular complexity index is 705. The van der Waals surface area contributed by atoms with Crippen molar-refractivity contribution in [3.63, 3.8) is 0 Å². The Hall–Kier alpha value is -1.94. The van der Waals surface area contributed by atoms with Gasteiger partial charge in [0.1, 0.15) is 5.37 Å². The second kappa shape index (κ2) is 5.69. The van der Waals surface area contributed by atoms with Gasteiger partial charge in [0.2, 0.25) is 0 Å². The van der Waals surface area contributed by atoms with Crippen molar-refractivity contribution >= 4 is 35.0 Å². The Morgan fingerprint density at radius 1 is 1.09 bits per heavy atom. The molecule has 2 N–H and O–H groups in total. The minimum absolute atomic E-state index is 0.270. The Morgan fingerprint density at radius 3 is 2.59 bits per heavy atom. The lowest BCUT2D eigenvalue weighted by Crippen LogP contribution is -2.19. The van der Waals surface area contributed by atoms with Gasteiger partial charge in [0, 0.05) is 17.9 Å². The molecule has 0 spiro atoms. The van der Waals surface area contributed by atoms with Crippen LogP contribution in [-0.4, -0.2) is 23.9 Å². The van der Waals surface area contributed by atoms with Gasteiger partial charge in [0.15, 0.2) is 0 Å². The number of aliphatic imine (C=N–C) groups is 1. The van der Waals surface area contributed by atoms with E-state index in [1.54, 1.807) is 11.8 Å². The number of hydrogen-bond donors (Lipinski definition) is 2. The SMILES string of the molecule is CSC1C=Nc2cc(-c3ccc(NC4CC4)cc3)ccc2N1. The van der Waals surface area contributed by atoms with E-state index in [0.717, 1.165) is 11.4 Å². The van der Waals surface area contributed by atoms with Crippen LogP contribution >= 0.6 is 11.8 Å². The van der Waals surface area contributed by atoms with Gasteiger partial charge >= 0.3 is 0 Å². The molecule has 1 atom stereocenters. The van der Waals surface area contributed by atoms with Crippen LogP contribution in [-0.2, 0) is 0 Å². The molecule has 0 bridgehead atoms. The monoisotopic (exact) mass is 309 g/mol. The van der Waals surface area contributed by atoms with Crippen molar-refractivity contribution in [3.8, 4) is 11.1 Å². The Kier molecular flexibility index (Phi) is 3.54. The van der Waals surface area contributed by atoms with E-state index < -0.39 is 0 Å². The minimum Gasteiger partial charge on any atom is -0.382 e. The number of benzene rings is 2. The smallest absolute Gasteiger partial charge is 0.108 e. The summed E-state index contributed by atoms with van der Waals surface area (Å²) in [5, 5.41) is 7.26. The highest BCUT2D eigenvalue weighted by atomic mass is 32.2. The molecule has 1 aliphatic heterocycles. The number of hydrogen-bond acceptors (Lipinski definition) is 4. The van der Waals surface area contributed by atoms with Crippen molar-refractivity contribution in [2.75, 3.05) is 16.9 Å². The molecule has 1 fully saturated rings. The van der Waals surface area contributed by atoms with Gasteiger partial charge < -0.3 is 10.6 Å². The molecule has 2 aromatic carbocycles. The van der Waals surface area contributed by atoms with Gasteiger partial charge in [-0.1, -0.05) is 18.2 Å². The summed E-state index contributed by atoms with van der Waals surface area (Å²) in [7, 11) is 0. The zero-order valence-corrected chi connectivity index (χ0v) is 13.4. The van der Waals surface area contributed by atoms with E-state index in [1.807, 2.05) is 6.21 Å². The van der Waals surface area contributed by atoms with Crippen LogP contribution < -0.4 is 10.6 Å². The fourth-order valence-corrected chi connectivity index (χ4v) is 3.05. The first kappa shape index (κ1) is 13.7. The summed E-state index contributed by atoms with van der Waals surface area (Å²) >= 11 is 1.75. The van der Waals surface area contributed by atoms with Crippen molar-refractivity contribution in [3.05, 3.63) is 42.5 Å². The maximum Gasteiger partial charge on any atom is 0.108 e.